The monoisotopic (exact) mass is 184 g/mol. The molecule has 0 aliphatic heterocycles. The summed E-state index contributed by atoms with van der Waals surface area (Å²) >= 11 is 0. The van der Waals surface area contributed by atoms with Crippen LogP contribution in [0.5, 0.6) is 0 Å². The van der Waals surface area contributed by atoms with E-state index in [1.165, 1.54) is 0 Å². The van der Waals surface area contributed by atoms with Crippen molar-refractivity contribution in [2.45, 2.75) is 32.6 Å². The molecule has 0 radical (unpaired) electrons. The van der Waals surface area contributed by atoms with Crippen molar-refractivity contribution in [1.82, 2.24) is 10.2 Å². The molecule has 1 N–H and O–H groups in total. The third-order valence-electron chi connectivity index (χ3n) is 1.96. The molecule has 5 heteroatoms. The molecule has 0 saturated carbocycles. The van der Waals surface area contributed by atoms with Gasteiger partial charge in [0.1, 0.15) is 0 Å². The predicted octanol–water partition coefficient (Wildman–Crippen LogP) is 1.67. The van der Waals surface area contributed by atoms with E-state index in [0.29, 0.717) is 5.89 Å². The van der Waals surface area contributed by atoms with E-state index in [1.807, 2.05) is 13.8 Å². The Morgan fingerprint density at radius 3 is 2.46 bits per heavy atom. The summed E-state index contributed by atoms with van der Waals surface area (Å²) in [4.78, 5) is 10.4. The van der Waals surface area contributed by atoms with E-state index < -0.39 is 5.97 Å². The van der Waals surface area contributed by atoms with Gasteiger partial charge in [-0.1, -0.05) is 13.8 Å². The van der Waals surface area contributed by atoms with Crippen molar-refractivity contribution in [2.75, 3.05) is 0 Å². The fourth-order valence-corrected chi connectivity index (χ4v) is 1.12. The molecular formula is C8H12N2O3. The highest BCUT2D eigenvalue weighted by Crippen LogP contribution is 2.21. The van der Waals surface area contributed by atoms with E-state index in [1.54, 1.807) is 0 Å². The lowest BCUT2D eigenvalue weighted by molar-refractivity contribution is 0.0650. The van der Waals surface area contributed by atoms with Crippen molar-refractivity contribution in [3.8, 4) is 0 Å². The van der Waals surface area contributed by atoms with Crippen LogP contribution in [-0.4, -0.2) is 21.3 Å². The topological polar surface area (TPSA) is 76.2 Å². The maximum Gasteiger partial charge on any atom is 0.393 e. The molecule has 1 heterocycles. The van der Waals surface area contributed by atoms with Gasteiger partial charge in [0, 0.05) is 5.92 Å². The first kappa shape index (κ1) is 9.70. The van der Waals surface area contributed by atoms with E-state index in [4.69, 9.17) is 9.52 Å². The lowest BCUT2D eigenvalue weighted by Crippen LogP contribution is -1.96. The van der Waals surface area contributed by atoms with Gasteiger partial charge in [-0.2, -0.15) is 0 Å². The lowest BCUT2D eigenvalue weighted by atomic mass is 10.0. The molecule has 0 unspecified atom stereocenters. The fraction of sp³-hybridized carbons (Fsp3) is 0.625. The zero-order valence-electron chi connectivity index (χ0n) is 7.65. The highest BCUT2D eigenvalue weighted by molar-refractivity contribution is 5.81. The molecule has 5 nitrogen and oxygen atoms in total. The van der Waals surface area contributed by atoms with E-state index in [2.05, 4.69) is 10.2 Å². The molecule has 0 aliphatic rings. The van der Waals surface area contributed by atoms with Gasteiger partial charge in [0.25, 0.3) is 0 Å². The van der Waals surface area contributed by atoms with Crippen molar-refractivity contribution < 1.29 is 14.3 Å². The van der Waals surface area contributed by atoms with E-state index in [9.17, 15) is 4.79 Å². The summed E-state index contributed by atoms with van der Waals surface area (Å²) in [5.74, 6) is -0.922. The summed E-state index contributed by atoms with van der Waals surface area (Å²) in [6, 6.07) is 0. The number of carbonyl (C=O) groups is 1. The number of nitrogens with zero attached hydrogens (tertiary/aromatic N) is 2. The van der Waals surface area contributed by atoms with Gasteiger partial charge in [-0.25, -0.2) is 4.79 Å². The summed E-state index contributed by atoms with van der Waals surface area (Å²) < 4.78 is 4.97. The second-order valence-corrected chi connectivity index (χ2v) is 2.76. The number of hydrogen-bond donors (Lipinski definition) is 1. The number of aromatic carboxylic acids is 1. The standard InChI is InChI=1S/C8H12N2O3/c1-3-5(4-2)6-9-10-7(13-6)8(11)12/h5H,3-4H2,1-2H3,(H,11,12). The number of carboxylic acids is 1. The quantitative estimate of drug-likeness (QED) is 0.770. The summed E-state index contributed by atoms with van der Waals surface area (Å²) in [7, 11) is 0. The van der Waals surface area contributed by atoms with Crippen molar-refractivity contribution in [3.63, 3.8) is 0 Å². The summed E-state index contributed by atoms with van der Waals surface area (Å²) in [6.07, 6.45) is 1.75. The van der Waals surface area contributed by atoms with Crippen LogP contribution >= 0.6 is 0 Å². The Morgan fingerprint density at radius 1 is 1.46 bits per heavy atom. The third kappa shape index (κ3) is 2.05. The molecular weight excluding hydrogens is 172 g/mol. The van der Waals surface area contributed by atoms with Crippen molar-refractivity contribution >= 4 is 5.97 Å². The first-order chi connectivity index (χ1) is 6.19. The number of rotatable bonds is 4. The van der Waals surface area contributed by atoms with Gasteiger partial charge >= 0.3 is 11.9 Å². The van der Waals surface area contributed by atoms with Crippen LogP contribution in [0, 0.1) is 0 Å². The van der Waals surface area contributed by atoms with Gasteiger partial charge in [-0.3, -0.25) is 0 Å². The molecule has 72 valence electrons. The summed E-state index contributed by atoms with van der Waals surface area (Å²) in [5.41, 5.74) is 0. The van der Waals surface area contributed by atoms with Gasteiger partial charge in [0.05, 0.1) is 0 Å². The largest absolute Gasteiger partial charge is 0.474 e. The maximum absolute atomic E-state index is 10.4. The smallest absolute Gasteiger partial charge is 0.393 e. The van der Waals surface area contributed by atoms with Crippen LogP contribution in [-0.2, 0) is 0 Å². The Bertz CT molecular complexity index is 291. The van der Waals surface area contributed by atoms with Gasteiger partial charge in [-0.05, 0) is 12.8 Å². The number of carboxylic acid groups (broad SMARTS) is 1. The highest BCUT2D eigenvalue weighted by atomic mass is 16.4. The molecule has 0 bridgehead atoms. The molecule has 0 atom stereocenters. The first-order valence-corrected chi connectivity index (χ1v) is 4.25. The molecule has 1 rings (SSSR count). The number of hydrogen-bond acceptors (Lipinski definition) is 4. The maximum atomic E-state index is 10.4. The Morgan fingerprint density at radius 2 is 2.08 bits per heavy atom. The molecule has 0 amide bonds. The first-order valence-electron chi connectivity index (χ1n) is 4.25. The van der Waals surface area contributed by atoms with Crippen LogP contribution in [0.2, 0.25) is 0 Å². The number of aromatic nitrogens is 2. The van der Waals surface area contributed by atoms with Crippen LogP contribution in [0.3, 0.4) is 0 Å². The molecule has 1 aromatic rings. The predicted molar refractivity (Wildman–Crippen MR) is 44.6 cm³/mol. The van der Waals surface area contributed by atoms with Crippen LogP contribution in [0.25, 0.3) is 0 Å². The second kappa shape index (κ2) is 4.02. The lowest BCUT2D eigenvalue weighted by Gasteiger charge is -2.04. The molecule has 0 fully saturated rings. The SMILES string of the molecule is CCC(CC)c1nnc(C(=O)O)o1. The summed E-state index contributed by atoms with van der Waals surface area (Å²) in [5, 5.41) is 15.6. The molecule has 0 saturated heterocycles. The minimum Gasteiger partial charge on any atom is -0.474 e. The molecule has 0 spiro atoms. The van der Waals surface area contributed by atoms with Gasteiger partial charge in [0.2, 0.25) is 5.89 Å². The Balaban J connectivity index is 2.84. The molecule has 0 aliphatic carbocycles. The van der Waals surface area contributed by atoms with Crippen LogP contribution in [0.15, 0.2) is 4.42 Å². The van der Waals surface area contributed by atoms with Crippen LogP contribution in [0.1, 0.15) is 49.2 Å². The molecule has 13 heavy (non-hydrogen) atoms. The Hall–Kier alpha value is -1.39. The Labute approximate surface area is 75.8 Å². The zero-order chi connectivity index (χ0) is 9.84. The highest BCUT2D eigenvalue weighted by Gasteiger charge is 2.18. The average molecular weight is 184 g/mol. The van der Waals surface area contributed by atoms with Crippen molar-refractivity contribution in [2.24, 2.45) is 0 Å². The average Bonchev–Trinajstić information content (AvgIpc) is 2.56. The van der Waals surface area contributed by atoms with Crippen molar-refractivity contribution in [3.05, 3.63) is 11.8 Å². The van der Waals surface area contributed by atoms with E-state index in [-0.39, 0.29) is 11.8 Å². The van der Waals surface area contributed by atoms with Crippen molar-refractivity contribution in [1.29, 1.82) is 0 Å². The van der Waals surface area contributed by atoms with Crippen LogP contribution in [0.4, 0.5) is 0 Å². The van der Waals surface area contributed by atoms with Gasteiger partial charge in [-0.15, -0.1) is 10.2 Å². The molecule has 1 aromatic heterocycles. The van der Waals surface area contributed by atoms with Crippen LogP contribution < -0.4 is 0 Å². The minimum absolute atomic E-state index is 0.167. The van der Waals surface area contributed by atoms with E-state index in [0.717, 1.165) is 12.8 Å². The molecule has 0 aromatic carbocycles. The Kier molecular flexibility index (Phi) is 3.00. The summed E-state index contributed by atoms with van der Waals surface area (Å²) in [6.45, 7) is 4.00. The van der Waals surface area contributed by atoms with Gasteiger partial charge < -0.3 is 9.52 Å². The van der Waals surface area contributed by atoms with E-state index >= 15 is 0 Å². The second-order valence-electron chi connectivity index (χ2n) is 2.76. The van der Waals surface area contributed by atoms with Gasteiger partial charge in [0.15, 0.2) is 0 Å². The third-order valence-corrected chi connectivity index (χ3v) is 1.96. The minimum atomic E-state index is -1.18. The fourth-order valence-electron chi connectivity index (χ4n) is 1.12. The zero-order valence-corrected chi connectivity index (χ0v) is 7.65. The normalized spacial score (nSPS) is 10.7.